The molecule has 1 spiro atoms. The van der Waals surface area contributed by atoms with E-state index in [1.807, 2.05) is 53.5 Å². The Kier molecular flexibility index (Phi) is 7.61. The zero-order chi connectivity index (χ0) is 23.1. The second-order valence-electron chi connectivity index (χ2n) is 8.86. The summed E-state index contributed by atoms with van der Waals surface area (Å²) < 4.78 is 14.1. The normalized spacial score (nSPS) is 27.5. The van der Waals surface area contributed by atoms with E-state index in [-0.39, 0.29) is 18.0 Å². The van der Waals surface area contributed by atoms with Crippen molar-refractivity contribution in [3.8, 4) is 5.75 Å². The molecule has 0 radical (unpaired) electrons. The molecule has 178 valence electrons. The van der Waals surface area contributed by atoms with Gasteiger partial charge in [-0.25, -0.2) is 0 Å². The minimum absolute atomic E-state index is 0.000593. The molecule has 1 aromatic heterocycles. The third-order valence-corrected chi connectivity index (χ3v) is 6.93. The Hall–Kier alpha value is -2.91. The maximum absolute atomic E-state index is 12.3. The lowest BCUT2D eigenvalue weighted by atomic mass is 9.73. The van der Waals surface area contributed by atoms with Gasteiger partial charge in [-0.2, -0.15) is 5.10 Å². The number of aromatic nitrogens is 2. The van der Waals surface area contributed by atoms with Crippen molar-refractivity contribution in [2.24, 2.45) is 11.8 Å². The number of carbonyl (C=O) groups is 2. The van der Waals surface area contributed by atoms with Gasteiger partial charge >= 0.3 is 0 Å². The molecular formula is C24H32N4O5. The zero-order valence-electron chi connectivity index (χ0n) is 18.7. The van der Waals surface area contributed by atoms with Gasteiger partial charge in [-0.3, -0.25) is 19.2 Å². The second kappa shape index (κ2) is 10.8. The van der Waals surface area contributed by atoms with Crippen LogP contribution >= 0.6 is 0 Å². The molecule has 9 heteroatoms. The highest BCUT2D eigenvalue weighted by atomic mass is 16.5. The van der Waals surface area contributed by atoms with E-state index >= 15 is 0 Å². The number of benzene rings is 1. The number of ether oxygens (including phenoxy) is 2. The van der Waals surface area contributed by atoms with Crippen LogP contribution in [0.5, 0.6) is 5.75 Å². The van der Waals surface area contributed by atoms with Crippen molar-refractivity contribution in [1.29, 1.82) is 0 Å². The number of hydrogen-bond donors (Lipinski definition) is 2. The third-order valence-electron chi connectivity index (χ3n) is 6.93. The van der Waals surface area contributed by atoms with Crippen LogP contribution in [0.2, 0.25) is 0 Å². The average molecular weight is 457 g/mol. The average Bonchev–Trinajstić information content (AvgIpc) is 3.59. The number of rotatable bonds is 9. The SMILES string of the molecule is O=C(CCOc1ccccc1)NC[C@H]1[C@H]2CN(CCn3cccn3)C[C@]23CC[C@H]1O3.O=CO. The number of nitrogens with one attached hydrogen (secondary N) is 1. The standard InChI is InChI=1S/C23H30N4O3.CH2O2/c28-22(8-14-29-18-5-2-1-3-6-18)24-15-19-20-16-26(12-13-27-11-4-10-25-27)17-23(20)9-7-21(19)30-23;2-1-3/h1-6,10-11,19-21H,7-9,12-17H2,(H,24,28);1H,(H,2,3)/t19-,20+,21+,23+;/m0./s1. The van der Waals surface area contributed by atoms with Gasteiger partial charge in [0.1, 0.15) is 5.75 Å². The Labute approximate surface area is 193 Å². The van der Waals surface area contributed by atoms with Gasteiger partial charge in [0, 0.05) is 50.4 Å². The van der Waals surface area contributed by atoms with Crippen LogP contribution in [0.3, 0.4) is 0 Å². The van der Waals surface area contributed by atoms with Gasteiger partial charge in [0.05, 0.1) is 31.3 Å². The van der Waals surface area contributed by atoms with E-state index in [4.69, 9.17) is 19.4 Å². The highest BCUT2D eigenvalue weighted by Gasteiger charge is 2.62. The van der Waals surface area contributed by atoms with Gasteiger partial charge in [-0.15, -0.1) is 0 Å². The molecule has 0 aliphatic carbocycles. The van der Waals surface area contributed by atoms with Gasteiger partial charge in [-0.05, 0) is 31.0 Å². The number of nitrogens with zero attached hydrogens (tertiary/aromatic N) is 3. The fourth-order valence-corrected chi connectivity index (χ4v) is 5.51. The van der Waals surface area contributed by atoms with Crippen molar-refractivity contribution in [2.75, 3.05) is 32.8 Å². The summed E-state index contributed by atoms with van der Waals surface area (Å²) in [7, 11) is 0. The lowest BCUT2D eigenvalue weighted by molar-refractivity contribution is -0.123. The van der Waals surface area contributed by atoms with Gasteiger partial charge in [-0.1, -0.05) is 18.2 Å². The first-order valence-electron chi connectivity index (χ1n) is 11.5. The Bertz CT molecular complexity index is 894. The number of para-hydroxylation sites is 1. The highest BCUT2D eigenvalue weighted by Crippen LogP contribution is 2.54. The molecular weight excluding hydrogens is 424 g/mol. The number of likely N-dealkylation sites (tertiary alicyclic amines) is 1. The number of carbonyl (C=O) groups excluding carboxylic acids is 1. The minimum Gasteiger partial charge on any atom is -0.493 e. The first kappa shape index (κ1) is 23.3. The first-order chi connectivity index (χ1) is 16.1. The van der Waals surface area contributed by atoms with Gasteiger partial charge in [0.25, 0.3) is 6.47 Å². The molecule has 3 fully saturated rings. The minimum atomic E-state index is -0.250. The molecule has 4 atom stereocenters. The lowest BCUT2D eigenvalue weighted by Gasteiger charge is -2.29. The molecule has 0 unspecified atom stereocenters. The van der Waals surface area contributed by atoms with Gasteiger partial charge in [0.15, 0.2) is 0 Å². The molecule has 3 aliphatic rings. The zero-order valence-corrected chi connectivity index (χ0v) is 18.7. The fourth-order valence-electron chi connectivity index (χ4n) is 5.51. The summed E-state index contributed by atoms with van der Waals surface area (Å²) in [6, 6.07) is 11.6. The van der Waals surface area contributed by atoms with E-state index in [1.165, 1.54) is 0 Å². The molecule has 4 heterocycles. The second-order valence-corrected chi connectivity index (χ2v) is 8.86. The van der Waals surface area contributed by atoms with E-state index in [1.54, 1.807) is 0 Å². The third kappa shape index (κ3) is 5.54. The van der Waals surface area contributed by atoms with Crippen molar-refractivity contribution in [1.82, 2.24) is 20.0 Å². The maximum atomic E-state index is 12.3. The van der Waals surface area contributed by atoms with Crippen molar-refractivity contribution in [3.63, 3.8) is 0 Å². The van der Waals surface area contributed by atoms with Crippen molar-refractivity contribution < 1.29 is 24.2 Å². The first-order valence-corrected chi connectivity index (χ1v) is 11.5. The maximum Gasteiger partial charge on any atom is 0.290 e. The summed E-state index contributed by atoms with van der Waals surface area (Å²) in [6.07, 6.45) is 6.77. The quantitative estimate of drug-likeness (QED) is 0.553. The van der Waals surface area contributed by atoms with Crippen molar-refractivity contribution in [3.05, 3.63) is 48.8 Å². The molecule has 3 saturated heterocycles. The molecule has 2 aromatic rings. The van der Waals surface area contributed by atoms with E-state index in [9.17, 15) is 4.79 Å². The predicted octanol–water partition coefficient (Wildman–Crippen LogP) is 1.65. The molecule has 3 aliphatic heterocycles. The van der Waals surface area contributed by atoms with Gasteiger partial charge in [0.2, 0.25) is 5.91 Å². The van der Waals surface area contributed by atoms with Crippen LogP contribution in [-0.4, -0.2) is 76.7 Å². The molecule has 0 saturated carbocycles. The van der Waals surface area contributed by atoms with E-state index in [0.29, 0.717) is 37.5 Å². The summed E-state index contributed by atoms with van der Waals surface area (Å²) in [5.41, 5.74) is 0.000593. The molecule has 33 heavy (non-hydrogen) atoms. The van der Waals surface area contributed by atoms with E-state index in [2.05, 4.69) is 15.3 Å². The summed E-state index contributed by atoms with van der Waals surface area (Å²) in [5, 5.41) is 14.3. The number of hydrogen-bond acceptors (Lipinski definition) is 6. The van der Waals surface area contributed by atoms with Crippen LogP contribution in [0.25, 0.3) is 0 Å². The Balaban J connectivity index is 0.000000821. The van der Waals surface area contributed by atoms with Crippen LogP contribution in [-0.2, 0) is 20.9 Å². The fraction of sp³-hybridized carbons (Fsp3) is 0.542. The molecule has 5 rings (SSSR count). The molecule has 9 nitrogen and oxygen atoms in total. The van der Waals surface area contributed by atoms with Crippen LogP contribution in [0, 0.1) is 11.8 Å². The Morgan fingerprint density at radius 2 is 2.12 bits per heavy atom. The van der Waals surface area contributed by atoms with Crippen LogP contribution in [0.1, 0.15) is 19.3 Å². The van der Waals surface area contributed by atoms with Gasteiger partial charge < -0.3 is 19.9 Å². The largest absolute Gasteiger partial charge is 0.493 e. The van der Waals surface area contributed by atoms with E-state index in [0.717, 1.165) is 44.8 Å². The summed E-state index contributed by atoms with van der Waals surface area (Å²) in [6.45, 7) is 4.80. The summed E-state index contributed by atoms with van der Waals surface area (Å²) >= 11 is 0. The van der Waals surface area contributed by atoms with Crippen LogP contribution < -0.4 is 10.1 Å². The van der Waals surface area contributed by atoms with Crippen molar-refractivity contribution in [2.45, 2.75) is 37.5 Å². The smallest absolute Gasteiger partial charge is 0.290 e. The Morgan fingerprint density at radius 3 is 2.88 bits per heavy atom. The van der Waals surface area contributed by atoms with Crippen LogP contribution in [0.15, 0.2) is 48.8 Å². The highest BCUT2D eigenvalue weighted by molar-refractivity contribution is 5.76. The molecule has 1 amide bonds. The predicted molar refractivity (Wildman–Crippen MR) is 121 cm³/mol. The van der Waals surface area contributed by atoms with Crippen molar-refractivity contribution >= 4 is 12.4 Å². The summed E-state index contributed by atoms with van der Waals surface area (Å²) in [4.78, 5) is 23.2. The Morgan fingerprint density at radius 1 is 1.30 bits per heavy atom. The van der Waals surface area contributed by atoms with Crippen LogP contribution in [0.4, 0.5) is 0 Å². The molecule has 1 aromatic carbocycles. The summed E-state index contributed by atoms with van der Waals surface area (Å²) in [5.74, 6) is 1.77. The number of carboxylic acid groups (broad SMARTS) is 1. The lowest BCUT2D eigenvalue weighted by Crippen LogP contribution is -2.42. The topological polar surface area (TPSA) is 106 Å². The van der Waals surface area contributed by atoms with E-state index < -0.39 is 0 Å². The monoisotopic (exact) mass is 456 g/mol. The number of amides is 1. The molecule has 2 bridgehead atoms. The number of fused-ring (bicyclic) bond motifs is 1. The molecule has 2 N–H and O–H groups in total.